The quantitative estimate of drug-likeness (QED) is 0.828. The van der Waals surface area contributed by atoms with Crippen LogP contribution in [0.4, 0.5) is 11.4 Å². The van der Waals surface area contributed by atoms with Crippen LogP contribution in [-0.4, -0.2) is 15.7 Å². The van der Waals surface area contributed by atoms with Crippen molar-refractivity contribution in [1.29, 1.82) is 0 Å². The lowest BCUT2D eigenvalue weighted by molar-refractivity contribution is -0.117. The van der Waals surface area contributed by atoms with Gasteiger partial charge in [0.2, 0.25) is 0 Å². The molecule has 0 saturated heterocycles. The third kappa shape index (κ3) is 1.73. The summed E-state index contributed by atoms with van der Waals surface area (Å²) in [6.07, 6.45) is 3.47. The van der Waals surface area contributed by atoms with Crippen LogP contribution in [-0.2, 0) is 11.8 Å². The SMILES string of the molecule is Cn1cc(C2Nc3c(Cl)cccc3NC2=O)cn1. The van der Waals surface area contributed by atoms with E-state index in [1.807, 2.05) is 13.1 Å². The predicted molar refractivity (Wildman–Crippen MR) is 69.7 cm³/mol. The molecule has 1 atom stereocenters. The molecule has 5 nitrogen and oxygen atoms in total. The van der Waals surface area contributed by atoms with Crippen molar-refractivity contribution in [1.82, 2.24) is 9.78 Å². The molecule has 0 bridgehead atoms. The van der Waals surface area contributed by atoms with Crippen LogP contribution >= 0.6 is 11.6 Å². The zero-order valence-corrected chi connectivity index (χ0v) is 10.4. The molecule has 1 unspecified atom stereocenters. The van der Waals surface area contributed by atoms with Crippen LogP contribution in [0.25, 0.3) is 0 Å². The monoisotopic (exact) mass is 262 g/mol. The Balaban J connectivity index is 2.01. The lowest BCUT2D eigenvalue weighted by Gasteiger charge is -2.26. The molecule has 1 aliphatic rings. The average Bonchev–Trinajstić information content (AvgIpc) is 2.75. The third-order valence-corrected chi connectivity index (χ3v) is 3.20. The van der Waals surface area contributed by atoms with E-state index >= 15 is 0 Å². The number of rotatable bonds is 1. The molecule has 1 amide bonds. The Labute approximate surface area is 109 Å². The van der Waals surface area contributed by atoms with Crippen molar-refractivity contribution in [2.45, 2.75) is 6.04 Å². The van der Waals surface area contributed by atoms with Gasteiger partial charge in [-0.1, -0.05) is 17.7 Å². The third-order valence-electron chi connectivity index (χ3n) is 2.88. The Bertz CT molecular complexity index is 622. The molecule has 2 heterocycles. The van der Waals surface area contributed by atoms with Crippen molar-refractivity contribution in [3.63, 3.8) is 0 Å². The Morgan fingerprint density at radius 2 is 2.28 bits per heavy atom. The van der Waals surface area contributed by atoms with Gasteiger partial charge in [-0.2, -0.15) is 5.10 Å². The molecule has 0 saturated carbocycles. The fraction of sp³-hybridized carbons (Fsp3) is 0.167. The molecule has 2 aromatic rings. The maximum Gasteiger partial charge on any atom is 0.251 e. The Hall–Kier alpha value is -2.01. The number of benzene rings is 1. The summed E-state index contributed by atoms with van der Waals surface area (Å²) < 4.78 is 1.66. The molecular weight excluding hydrogens is 252 g/mol. The number of hydrogen-bond acceptors (Lipinski definition) is 3. The number of nitrogens with one attached hydrogen (secondary N) is 2. The van der Waals surface area contributed by atoms with Gasteiger partial charge in [-0.3, -0.25) is 9.48 Å². The number of halogens is 1. The first-order chi connectivity index (χ1) is 8.65. The highest BCUT2D eigenvalue weighted by Crippen LogP contribution is 2.37. The van der Waals surface area contributed by atoms with Gasteiger partial charge in [0.25, 0.3) is 5.91 Å². The summed E-state index contributed by atoms with van der Waals surface area (Å²) in [7, 11) is 1.81. The number of fused-ring (bicyclic) bond motifs is 1. The van der Waals surface area contributed by atoms with Gasteiger partial charge >= 0.3 is 0 Å². The summed E-state index contributed by atoms with van der Waals surface area (Å²) in [5.74, 6) is -0.113. The lowest BCUT2D eigenvalue weighted by Crippen LogP contribution is -2.31. The van der Waals surface area contributed by atoms with Gasteiger partial charge in [0, 0.05) is 18.8 Å². The van der Waals surface area contributed by atoms with Gasteiger partial charge in [0.1, 0.15) is 6.04 Å². The molecule has 1 aromatic heterocycles. The van der Waals surface area contributed by atoms with Crippen molar-refractivity contribution in [2.75, 3.05) is 10.6 Å². The first kappa shape index (κ1) is 11.1. The molecule has 2 N–H and O–H groups in total. The van der Waals surface area contributed by atoms with Gasteiger partial charge in [-0.15, -0.1) is 0 Å². The molecule has 0 aliphatic carbocycles. The second-order valence-corrected chi connectivity index (χ2v) is 4.58. The summed E-state index contributed by atoms with van der Waals surface area (Å²) >= 11 is 6.11. The summed E-state index contributed by atoms with van der Waals surface area (Å²) in [5, 5.41) is 10.6. The Kier molecular flexibility index (Phi) is 2.48. The minimum atomic E-state index is -0.467. The normalized spacial score (nSPS) is 17.9. The van der Waals surface area contributed by atoms with Crippen LogP contribution in [0.3, 0.4) is 0 Å². The number of para-hydroxylation sites is 1. The molecule has 6 heteroatoms. The van der Waals surface area contributed by atoms with Crippen molar-refractivity contribution < 1.29 is 4.79 Å². The smallest absolute Gasteiger partial charge is 0.251 e. The highest BCUT2D eigenvalue weighted by molar-refractivity contribution is 6.34. The second-order valence-electron chi connectivity index (χ2n) is 4.18. The zero-order chi connectivity index (χ0) is 12.7. The van der Waals surface area contributed by atoms with E-state index in [2.05, 4.69) is 15.7 Å². The summed E-state index contributed by atoms with van der Waals surface area (Å²) in [6, 6.07) is 4.93. The van der Waals surface area contributed by atoms with Crippen LogP contribution < -0.4 is 10.6 Å². The topological polar surface area (TPSA) is 59.0 Å². The number of aromatic nitrogens is 2. The second kappa shape index (κ2) is 4.03. The number of amides is 1. The van der Waals surface area contributed by atoms with E-state index in [0.717, 1.165) is 11.3 Å². The average molecular weight is 263 g/mol. The molecular formula is C12H11ClN4O. The van der Waals surface area contributed by atoms with Crippen molar-refractivity contribution in [2.24, 2.45) is 7.05 Å². The van der Waals surface area contributed by atoms with E-state index in [1.54, 1.807) is 29.2 Å². The molecule has 92 valence electrons. The standard InChI is InChI=1S/C12H11ClN4O/c1-17-6-7(5-14-17)10-12(18)15-9-4-2-3-8(13)11(9)16-10/h2-6,10,16H,1H3,(H,15,18). The first-order valence-electron chi connectivity index (χ1n) is 5.49. The van der Waals surface area contributed by atoms with E-state index in [-0.39, 0.29) is 5.91 Å². The summed E-state index contributed by atoms with van der Waals surface area (Å²) in [6.45, 7) is 0. The lowest BCUT2D eigenvalue weighted by atomic mass is 10.1. The van der Waals surface area contributed by atoms with Gasteiger partial charge in [-0.25, -0.2) is 0 Å². The number of anilines is 2. The summed E-state index contributed by atoms with van der Waals surface area (Å²) in [5.41, 5.74) is 2.25. The fourth-order valence-corrected chi connectivity index (χ4v) is 2.24. The molecule has 3 rings (SSSR count). The zero-order valence-electron chi connectivity index (χ0n) is 9.64. The molecule has 1 aliphatic heterocycles. The summed E-state index contributed by atoms with van der Waals surface area (Å²) in [4.78, 5) is 12.0. The molecule has 0 spiro atoms. The largest absolute Gasteiger partial charge is 0.367 e. The van der Waals surface area contributed by atoms with Crippen LogP contribution in [0, 0.1) is 0 Å². The molecule has 0 fully saturated rings. The number of aryl methyl sites for hydroxylation is 1. The maximum absolute atomic E-state index is 12.0. The van der Waals surface area contributed by atoms with E-state index < -0.39 is 6.04 Å². The highest BCUT2D eigenvalue weighted by atomic mass is 35.5. The predicted octanol–water partition coefficient (Wildman–Crippen LogP) is 2.18. The Morgan fingerprint density at radius 1 is 1.44 bits per heavy atom. The van der Waals surface area contributed by atoms with Crippen LogP contribution in [0.1, 0.15) is 11.6 Å². The van der Waals surface area contributed by atoms with Crippen LogP contribution in [0.5, 0.6) is 0 Å². The first-order valence-corrected chi connectivity index (χ1v) is 5.87. The minimum Gasteiger partial charge on any atom is -0.367 e. The van der Waals surface area contributed by atoms with E-state index in [0.29, 0.717) is 10.7 Å². The minimum absolute atomic E-state index is 0.113. The van der Waals surface area contributed by atoms with Crippen molar-refractivity contribution in [3.05, 3.63) is 41.2 Å². The Morgan fingerprint density at radius 3 is 3.00 bits per heavy atom. The van der Waals surface area contributed by atoms with Crippen molar-refractivity contribution >= 4 is 28.9 Å². The van der Waals surface area contributed by atoms with Crippen molar-refractivity contribution in [3.8, 4) is 0 Å². The van der Waals surface area contributed by atoms with Crippen LogP contribution in [0.2, 0.25) is 5.02 Å². The van der Waals surface area contributed by atoms with E-state index in [9.17, 15) is 4.79 Å². The van der Waals surface area contributed by atoms with Gasteiger partial charge in [0.05, 0.1) is 22.6 Å². The molecule has 18 heavy (non-hydrogen) atoms. The molecule has 1 aromatic carbocycles. The van der Waals surface area contributed by atoms with Gasteiger partial charge in [0.15, 0.2) is 0 Å². The molecule has 0 radical (unpaired) electrons. The maximum atomic E-state index is 12.0. The van der Waals surface area contributed by atoms with E-state index in [1.165, 1.54) is 0 Å². The van der Waals surface area contributed by atoms with Gasteiger partial charge in [-0.05, 0) is 12.1 Å². The van der Waals surface area contributed by atoms with E-state index in [4.69, 9.17) is 11.6 Å². The van der Waals surface area contributed by atoms with Gasteiger partial charge < -0.3 is 10.6 Å². The number of carbonyl (C=O) groups is 1. The number of hydrogen-bond donors (Lipinski definition) is 2. The number of nitrogens with zero attached hydrogens (tertiary/aromatic N) is 2. The van der Waals surface area contributed by atoms with Crippen LogP contribution in [0.15, 0.2) is 30.6 Å². The number of carbonyl (C=O) groups excluding carboxylic acids is 1. The fourth-order valence-electron chi connectivity index (χ4n) is 2.01. The highest BCUT2D eigenvalue weighted by Gasteiger charge is 2.28.